The molecule has 1 aliphatic rings. The van der Waals surface area contributed by atoms with Gasteiger partial charge in [-0.3, -0.25) is 0 Å². The lowest BCUT2D eigenvalue weighted by molar-refractivity contribution is -0.0309. The Morgan fingerprint density at radius 2 is 2.30 bits per heavy atom. The maximum absolute atomic E-state index is 5.66. The quantitative estimate of drug-likeness (QED) is 0.626. The van der Waals surface area contributed by atoms with E-state index in [9.17, 15) is 0 Å². The summed E-state index contributed by atoms with van der Waals surface area (Å²) in [6.07, 6.45) is 3.29. The largest absolute Gasteiger partial charge is 0.373 e. The van der Waals surface area contributed by atoms with Crippen LogP contribution in [-0.4, -0.2) is 25.3 Å². The number of nitrogens with one attached hydrogen (secondary N) is 1. The van der Waals surface area contributed by atoms with Crippen molar-refractivity contribution in [3.8, 4) is 0 Å². The zero-order chi connectivity index (χ0) is 7.40. The van der Waals surface area contributed by atoms with Gasteiger partial charge in [0.25, 0.3) is 0 Å². The molecule has 1 N–H and O–H groups in total. The molecule has 1 saturated heterocycles. The summed E-state index contributed by atoms with van der Waals surface area (Å²) in [6, 6.07) is 0. The predicted octanol–water partition coefficient (Wildman–Crippen LogP) is 1.16. The summed E-state index contributed by atoms with van der Waals surface area (Å²) in [5, 5.41) is 3.34. The molecule has 0 bridgehead atoms. The van der Waals surface area contributed by atoms with Crippen molar-refractivity contribution >= 4 is 0 Å². The summed E-state index contributed by atoms with van der Waals surface area (Å²) < 4.78 is 5.66. The smallest absolute Gasteiger partial charge is 0.0703 e. The second-order valence-corrected chi connectivity index (χ2v) is 3.02. The standard InChI is InChI=1S/C8H17NO/c1-3-4-8-6-9-5-7(2)10-8/h7-9H,3-6H2,1-2H3/t7-,8?/m0/s1. The molecule has 0 aliphatic carbocycles. The fourth-order valence-electron chi connectivity index (χ4n) is 1.36. The average Bonchev–Trinajstić information content (AvgIpc) is 1.88. The SMILES string of the molecule is CCCC1CNC[C@H](C)O1. The van der Waals surface area contributed by atoms with Gasteiger partial charge in [0, 0.05) is 13.1 Å². The first-order chi connectivity index (χ1) is 4.83. The van der Waals surface area contributed by atoms with Crippen LogP contribution in [0.3, 0.4) is 0 Å². The highest BCUT2D eigenvalue weighted by Gasteiger charge is 2.16. The topological polar surface area (TPSA) is 21.3 Å². The molecule has 0 spiro atoms. The third kappa shape index (κ3) is 2.27. The molecule has 0 saturated carbocycles. The maximum Gasteiger partial charge on any atom is 0.0703 e. The Kier molecular flexibility index (Phi) is 3.16. The number of ether oxygens (including phenoxy) is 1. The molecule has 1 rings (SSSR count). The molecular weight excluding hydrogens is 126 g/mol. The molecule has 0 amide bonds. The van der Waals surface area contributed by atoms with Crippen LogP contribution in [0.15, 0.2) is 0 Å². The van der Waals surface area contributed by atoms with Crippen molar-refractivity contribution in [3.05, 3.63) is 0 Å². The first-order valence-corrected chi connectivity index (χ1v) is 4.19. The highest BCUT2D eigenvalue weighted by molar-refractivity contribution is 4.70. The van der Waals surface area contributed by atoms with Gasteiger partial charge in [0.05, 0.1) is 12.2 Å². The number of morpholine rings is 1. The minimum Gasteiger partial charge on any atom is -0.373 e. The van der Waals surface area contributed by atoms with Gasteiger partial charge in [0.15, 0.2) is 0 Å². The Labute approximate surface area is 63.0 Å². The Bertz CT molecular complexity index is 93.3. The van der Waals surface area contributed by atoms with Crippen molar-refractivity contribution in [3.63, 3.8) is 0 Å². The summed E-state index contributed by atoms with van der Waals surface area (Å²) in [7, 11) is 0. The van der Waals surface area contributed by atoms with E-state index in [1.165, 1.54) is 12.8 Å². The molecule has 2 atom stereocenters. The molecule has 10 heavy (non-hydrogen) atoms. The molecule has 60 valence electrons. The van der Waals surface area contributed by atoms with Crippen LogP contribution in [0.5, 0.6) is 0 Å². The summed E-state index contributed by atoms with van der Waals surface area (Å²) >= 11 is 0. The average molecular weight is 143 g/mol. The maximum atomic E-state index is 5.66. The fraction of sp³-hybridized carbons (Fsp3) is 1.00. The van der Waals surface area contributed by atoms with Gasteiger partial charge >= 0.3 is 0 Å². The van der Waals surface area contributed by atoms with Gasteiger partial charge in [-0.25, -0.2) is 0 Å². The summed E-state index contributed by atoms with van der Waals surface area (Å²) in [5.74, 6) is 0. The summed E-state index contributed by atoms with van der Waals surface area (Å²) in [5.41, 5.74) is 0. The second-order valence-electron chi connectivity index (χ2n) is 3.02. The molecule has 0 aromatic rings. The zero-order valence-electron chi connectivity index (χ0n) is 6.89. The molecule has 1 fully saturated rings. The van der Waals surface area contributed by atoms with E-state index in [1.807, 2.05) is 0 Å². The second kappa shape index (κ2) is 3.94. The van der Waals surface area contributed by atoms with Crippen LogP contribution in [0.25, 0.3) is 0 Å². The van der Waals surface area contributed by atoms with Crippen LogP contribution in [0.4, 0.5) is 0 Å². The monoisotopic (exact) mass is 143 g/mol. The molecule has 2 heteroatoms. The summed E-state index contributed by atoms with van der Waals surface area (Å²) in [6.45, 7) is 6.37. The van der Waals surface area contributed by atoms with E-state index in [-0.39, 0.29) is 0 Å². The molecule has 1 aliphatic heterocycles. The lowest BCUT2D eigenvalue weighted by atomic mass is 10.2. The van der Waals surface area contributed by atoms with E-state index >= 15 is 0 Å². The normalized spacial score (nSPS) is 34.2. The van der Waals surface area contributed by atoms with Gasteiger partial charge in [0.1, 0.15) is 0 Å². The van der Waals surface area contributed by atoms with Crippen LogP contribution in [0.2, 0.25) is 0 Å². The van der Waals surface area contributed by atoms with Crippen LogP contribution in [0.1, 0.15) is 26.7 Å². The first-order valence-electron chi connectivity index (χ1n) is 4.19. The number of rotatable bonds is 2. The van der Waals surface area contributed by atoms with E-state index in [0.29, 0.717) is 12.2 Å². The first kappa shape index (κ1) is 8.02. The molecule has 0 aromatic heterocycles. The molecule has 1 unspecified atom stereocenters. The molecule has 2 nitrogen and oxygen atoms in total. The fourth-order valence-corrected chi connectivity index (χ4v) is 1.36. The zero-order valence-corrected chi connectivity index (χ0v) is 6.89. The van der Waals surface area contributed by atoms with Crippen molar-refractivity contribution in [1.82, 2.24) is 5.32 Å². The van der Waals surface area contributed by atoms with Gasteiger partial charge in [-0.15, -0.1) is 0 Å². The van der Waals surface area contributed by atoms with Crippen molar-refractivity contribution in [2.45, 2.75) is 38.9 Å². The minimum absolute atomic E-state index is 0.408. The van der Waals surface area contributed by atoms with Crippen LogP contribution >= 0.6 is 0 Å². The Hall–Kier alpha value is -0.0800. The minimum atomic E-state index is 0.408. The van der Waals surface area contributed by atoms with E-state index in [1.54, 1.807) is 0 Å². The van der Waals surface area contributed by atoms with E-state index in [0.717, 1.165) is 13.1 Å². The van der Waals surface area contributed by atoms with Gasteiger partial charge in [-0.05, 0) is 13.3 Å². The van der Waals surface area contributed by atoms with Gasteiger partial charge in [-0.1, -0.05) is 13.3 Å². The lowest BCUT2D eigenvalue weighted by Gasteiger charge is -2.28. The van der Waals surface area contributed by atoms with E-state index in [4.69, 9.17) is 4.74 Å². The Morgan fingerprint density at radius 3 is 2.90 bits per heavy atom. The van der Waals surface area contributed by atoms with E-state index < -0.39 is 0 Å². The van der Waals surface area contributed by atoms with Crippen LogP contribution < -0.4 is 5.32 Å². The van der Waals surface area contributed by atoms with E-state index in [2.05, 4.69) is 19.2 Å². The van der Waals surface area contributed by atoms with Crippen LogP contribution in [0, 0.1) is 0 Å². The van der Waals surface area contributed by atoms with Crippen molar-refractivity contribution in [1.29, 1.82) is 0 Å². The Balaban J connectivity index is 2.18. The van der Waals surface area contributed by atoms with Gasteiger partial charge in [-0.2, -0.15) is 0 Å². The van der Waals surface area contributed by atoms with Crippen molar-refractivity contribution in [2.75, 3.05) is 13.1 Å². The predicted molar refractivity (Wildman–Crippen MR) is 42.1 cm³/mol. The van der Waals surface area contributed by atoms with Gasteiger partial charge < -0.3 is 10.1 Å². The molecule has 0 radical (unpaired) electrons. The third-order valence-corrected chi connectivity index (χ3v) is 1.84. The van der Waals surface area contributed by atoms with Gasteiger partial charge in [0.2, 0.25) is 0 Å². The highest BCUT2D eigenvalue weighted by Crippen LogP contribution is 2.07. The summed E-state index contributed by atoms with van der Waals surface area (Å²) in [4.78, 5) is 0. The lowest BCUT2D eigenvalue weighted by Crippen LogP contribution is -2.43. The van der Waals surface area contributed by atoms with Crippen molar-refractivity contribution < 1.29 is 4.74 Å². The number of hydrogen-bond acceptors (Lipinski definition) is 2. The Morgan fingerprint density at radius 1 is 1.50 bits per heavy atom. The molecular formula is C8H17NO. The molecule has 0 aromatic carbocycles. The third-order valence-electron chi connectivity index (χ3n) is 1.84. The number of hydrogen-bond donors (Lipinski definition) is 1. The van der Waals surface area contributed by atoms with Crippen LogP contribution in [-0.2, 0) is 4.74 Å². The molecule has 1 heterocycles. The highest BCUT2D eigenvalue weighted by atomic mass is 16.5. The van der Waals surface area contributed by atoms with Crippen molar-refractivity contribution in [2.24, 2.45) is 0 Å².